The molecular weight excluding hydrogens is 264 g/mol. The third-order valence-electron chi connectivity index (χ3n) is 3.36. The minimum Gasteiger partial charge on any atom is -0.280 e. The highest BCUT2D eigenvalue weighted by Gasteiger charge is 2.18. The molecule has 21 heavy (non-hydrogen) atoms. The lowest BCUT2D eigenvalue weighted by molar-refractivity contribution is -0.480. The molecule has 108 valence electrons. The number of rotatable bonds is 1. The predicted molar refractivity (Wildman–Crippen MR) is 84.6 cm³/mol. The van der Waals surface area contributed by atoms with Gasteiger partial charge in [0.15, 0.2) is 0 Å². The van der Waals surface area contributed by atoms with E-state index in [1.165, 1.54) is 5.39 Å². The molecule has 0 aliphatic rings. The Hall–Kier alpha value is -2.56. The van der Waals surface area contributed by atoms with Crippen LogP contribution in [0.15, 0.2) is 42.6 Å². The summed E-state index contributed by atoms with van der Waals surface area (Å²) in [6.07, 6.45) is 1.82. The zero-order chi connectivity index (χ0) is 15.0. The maximum atomic E-state index is 5.97. The molecule has 0 N–H and O–H groups in total. The highest BCUT2D eigenvalue weighted by Crippen LogP contribution is 2.24. The highest BCUT2D eigenvalue weighted by atomic mass is 16.7. The molecule has 0 saturated carbocycles. The number of benzene rings is 2. The van der Waals surface area contributed by atoms with Crippen LogP contribution in [0.5, 0.6) is 0 Å². The largest absolute Gasteiger partial charge is 0.471 e. The fraction of sp³-hybridized carbons (Fsp3) is 0.250. The third-order valence-corrected chi connectivity index (χ3v) is 3.36. The zero-order valence-corrected chi connectivity index (χ0v) is 12.7. The molecule has 2 aromatic carbocycles. The number of aromatic nitrogens is 2. The molecule has 3 aromatic rings. The first-order valence-corrected chi connectivity index (χ1v) is 6.83. The van der Waals surface area contributed by atoms with Gasteiger partial charge in [-0.25, -0.2) is 9.48 Å². The fourth-order valence-electron chi connectivity index (χ4n) is 2.47. The number of hydrogen-bond acceptors (Lipinski definition) is 2. The summed E-state index contributed by atoms with van der Waals surface area (Å²) in [7, 11) is 7.77. The van der Waals surface area contributed by atoms with Crippen molar-refractivity contribution in [1.82, 2.24) is 14.8 Å². The lowest BCUT2D eigenvalue weighted by Gasteiger charge is -2.11. The minimum atomic E-state index is 0.716. The standard InChI is InChI=1S/C16H19N4O/c1-18(2)16(19(3)4)21-20-15-13(11-17-20)10-9-12-7-5-6-8-14(12)15/h5-11H,1-4H3/q+1. The van der Waals surface area contributed by atoms with Crippen molar-refractivity contribution in [3.8, 4) is 0 Å². The molecule has 1 heterocycles. The van der Waals surface area contributed by atoms with Gasteiger partial charge in [0.1, 0.15) is 5.52 Å². The van der Waals surface area contributed by atoms with Crippen LogP contribution < -0.4 is 4.84 Å². The summed E-state index contributed by atoms with van der Waals surface area (Å²) < 4.78 is 1.92. The molecule has 0 spiro atoms. The van der Waals surface area contributed by atoms with E-state index in [2.05, 4.69) is 29.4 Å². The van der Waals surface area contributed by atoms with Crippen molar-refractivity contribution in [1.29, 1.82) is 0 Å². The first-order chi connectivity index (χ1) is 10.1. The van der Waals surface area contributed by atoms with Crippen LogP contribution in [0.1, 0.15) is 0 Å². The lowest BCUT2D eigenvalue weighted by Crippen LogP contribution is -2.39. The summed E-state index contributed by atoms with van der Waals surface area (Å²) in [5.74, 6) is 0. The van der Waals surface area contributed by atoms with Crippen molar-refractivity contribution >= 4 is 27.7 Å². The molecule has 5 nitrogen and oxygen atoms in total. The number of hydrogen-bond donors (Lipinski definition) is 0. The summed E-state index contributed by atoms with van der Waals surface area (Å²) in [5.41, 5.74) is 0.981. The van der Waals surface area contributed by atoms with Gasteiger partial charge in [-0.05, 0) is 5.39 Å². The van der Waals surface area contributed by atoms with E-state index < -0.39 is 0 Å². The monoisotopic (exact) mass is 283 g/mol. The van der Waals surface area contributed by atoms with Crippen molar-refractivity contribution in [2.24, 2.45) is 0 Å². The molecule has 0 aliphatic carbocycles. The summed E-state index contributed by atoms with van der Waals surface area (Å²) in [6, 6.07) is 13.1. The van der Waals surface area contributed by atoms with Crippen LogP contribution in [0.25, 0.3) is 21.7 Å². The van der Waals surface area contributed by atoms with Gasteiger partial charge in [-0.3, -0.25) is 4.84 Å². The van der Waals surface area contributed by atoms with E-state index in [0.717, 1.165) is 16.3 Å². The molecule has 0 fully saturated rings. The summed E-state index contributed by atoms with van der Waals surface area (Å²) in [5, 5.41) is 7.73. The van der Waals surface area contributed by atoms with Crippen molar-refractivity contribution in [2.75, 3.05) is 28.2 Å². The Bertz CT molecular complexity index is 829. The summed E-state index contributed by atoms with van der Waals surface area (Å²) >= 11 is 0. The first kappa shape index (κ1) is 13.4. The Morgan fingerprint density at radius 2 is 1.81 bits per heavy atom. The molecule has 0 amide bonds. The zero-order valence-electron chi connectivity index (χ0n) is 12.7. The molecule has 0 saturated heterocycles. The van der Waals surface area contributed by atoms with Crippen LogP contribution in [0.3, 0.4) is 0 Å². The van der Waals surface area contributed by atoms with E-state index in [0.29, 0.717) is 6.02 Å². The summed E-state index contributed by atoms with van der Waals surface area (Å²) in [4.78, 5) is 9.48. The molecule has 0 aliphatic heterocycles. The Balaban J connectivity index is 2.20. The molecule has 0 unspecified atom stereocenters. The normalized spacial score (nSPS) is 10.9. The molecule has 0 bridgehead atoms. The molecule has 1 aromatic heterocycles. The quantitative estimate of drug-likeness (QED) is 0.388. The predicted octanol–water partition coefficient (Wildman–Crippen LogP) is 1.81. The molecule has 3 rings (SSSR count). The van der Waals surface area contributed by atoms with E-state index in [-0.39, 0.29) is 0 Å². The second-order valence-corrected chi connectivity index (χ2v) is 5.40. The van der Waals surface area contributed by atoms with Crippen molar-refractivity contribution in [3.63, 3.8) is 0 Å². The fourth-order valence-corrected chi connectivity index (χ4v) is 2.47. The molecular formula is C16H19N4O+. The van der Waals surface area contributed by atoms with Gasteiger partial charge in [-0.1, -0.05) is 41.2 Å². The Morgan fingerprint density at radius 1 is 1.10 bits per heavy atom. The maximum absolute atomic E-state index is 5.97. The van der Waals surface area contributed by atoms with Crippen molar-refractivity contribution in [2.45, 2.75) is 0 Å². The Kier molecular flexibility index (Phi) is 3.25. The van der Waals surface area contributed by atoms with Gasteiger partial charge >= 0.3 is 6.02 Å². The van der Waals surface area contributed by atoms with E-state index >= 15 is 0 Å². The molecule has 5 heteroatoms. The average Bonchev–Trinajstić information content (AvgIpc) is 2.87. The van der Waals surface area contributed by atoms with E-state index in [1.54, 1.807) is 4.85 Å². The van der Waals surface area contributed by atoms with Gasteiger partial charge in [-0.15, -0.1) is 5.10 Å². The van der Waals surface area contributed by atoms with Gasteiger partial charge in [0.25, 0.3) is 0 Å². The number of nitrogens with zero attached hydrogens (tertiary/aromatic N) is 4. The van der Waals surface area contributed by atoms with Gasteiger partial charge in [0.05, 0.1) is 34.4 Å². The number of fused-ring (bicyclic) bond motifs is 3. The van der Waals surface area contributed by atoms with Crippen LogP contribution in [-0.4, -0.2) is 53.6 Å². The Labute approximate surface area is 123 Å². The third kappa shape index (κ3) is 2.31. The van der Waals surface area contributed by atoms with Gasteiger partial charge in [0, 0.05) is 10.8 Å². The highest BCUT2D eigenvalue weighted by molar-refractivity contribution is 6.05. The van der Waals surface area contributed by atoms with Crippen LogP contribution in [0, 0.1) is 0 Å². The van der Waals surface area contributed by atoms with Gasteiger partial charge in [-0.2, -0.15) is 0 Å². The smallest absolute Gasteiger partial charge is 0.280 e. The number of amidine groups is 1. The second kappa shape index (κ2) is 5.09. The minimum absolute atomic E-state index is 0.716. The van der Waals surface area contributed by atoms with Crippen LogP contribution in [0.4, 0.5) is 0 Å². The average molecular weight is 283 g/mol. The van der Waals surface area contributed by atoms with E-state index in [9.17, 15) is 0 Å². The van der Waals surface area contributed by atoms with Crippen LogP contribution >= 0.6 is 0 Å². The maximum Gasteiger partial charge on any atom is 0.471 e. The lowest BCUT2D eigenvalue weighted by atomic mass is 10.1. The Morgan fingerprint density at radius 3 is 2.52 bits per heavy atom. The first-order valence-electron chi connectivity index (χ1n) is 6.83. The summed E-state index contributed by atoms with van der Waals surface area (Å²) in [6.45, 7) is 0. The second-order valence-electron chi connectivity index (χ2n) is 5.40. The van der Waals surface area contributed by atoms with Crippen LogP contribution in [-0.2, 0) is 0 Å². The van der Waals surface area contributed by atoms with Crippen molar-refractivity contribution in [3.05, 3.63) is 42.6 Å². The molecule has 0 radical (unpaired) electrons. The van der Waals surface area contributed by atoms with E-state index in [1.807, 2.05) is 56.0 Å². The van der Waals surface area contributed by atoms with Gasteiger partial charge in [0.2, 0.25) is 0 Å². The van der Waals surface area contributed by atoms with E-state index in [4.69, 9.17) is 4.84 Å². The SMILES string of the molecule is CN(C)C(On1ncc2ccc3ccccc3c21)=[N+](C)C. The topological polar surface area (TPSA) is 33.3 Å². The van der Waals surface area contributed by atoms with Crippen LogP contribution in [0.2, 0.25) is 0 Å². The van der Waals surface area contributed by atoms with Gasteiger partial charge < -0.3 is 0 Å². The molecule has 0 atom stereocenters. The van der Waals surface area contributed by atoms with Crippen molar-refractivity contribution < 1.29 is 9.41 Å².